The van der Waals surface area contributed by atoms with Gasteiger partial charge in [0.2, 0.25) is 0 Å². The Morgan fingerprint density at radius 2 is 1.80 bits per heavy atom. The molecule has 0 bridgehead atoms. The first-order valence-corrected chi connectivity index (χ1v) is 3.47. The van der Waals surface area contributed by atoms with Crippen molar-refractivity contribution >= 4 is 12.4 Å². The van der Waals surface area contributed by atoms with E-state index in [-0.39, 0.29) is 56.1 Å². The summed E-state index contributed by atoms with van der Waals surface area (Å²) < 4.78 is 71.2. The summed E-state index contributed by atoms with van der Waals surface area (Å²) >= 11 is 0. The molecule has 2 nitrogen and oxygen atoms in total. The number of alkyl halides is 3. The fourth-order valence-corrected chi connectivity index (χ4v) is 0.819. The maximum Gasteiger partial charge on any atom is 1.00 e. The summed E-state index contributed by atoms with van der Waals surface area (Å²) in [6.45, 7) is -6.80. The molecule has 0 aromatic carbocycles. The van der Waals surface area contributed by atoms with Crippen LogP contribution < -0.4 is 56.8 Å². The van der Waals surface area contributed by atoms with Crippen molar-refractivity contribution in [2.24, 2.45) is 0 Å². The second-order valence-electron chi connectivity index (χ2n) is 2.66. The number of nitrogens with zero attached hydrogens (tertiary/aromatic N) is 2. The van der Waals surface area contributed by atoms with Crippen LogP contribution in [0.3, 0.4) is 0 Å². The summed E-state index contributed by atoms with van der Waals surface area (Å²) in [6, 6.07) is 0. The van der Waals surface area contributed by atoms with Crippen LogP contribution in [0.15, 0.2) is 12.4 Å². The summed E-state index contributed by atoms with van der Waals surface area (Å²) in [5.74, 6) is 0. The van der Waals surface area contributed by atoms with E-state index in [0.29, 0.717) is 12.4 Å². The van der Waals surface area contributed by atoms with Gasteiger partial charge < -0.3 is 12.9 Å². The standard InChI is InChI=1S/C5H4BF6N2.K/c7-5(8,9)3-14-2-4(1-13-14)6(10,11)12;/h1-2H,3H2;/q-1;+1. The van der Waals surface area contributed by atoms with Gasteiger partial charge in [-0.25, -0.2) is 0 Å². The molecule has 0 saturated carbocycles. The van der Waals surface area contributed by atoms with Crippen molar-refractivity contribution in [3.63, 3.8) is 0 Å². The van der Waals surface area contributed by atoms with Crippen molar-refractivity contribution in [1.82, 2.24) is 9.78 Å². The Bertz CT molecular complexity index is 318. The number of hydrogen-bond acceptors (Lipinski definition) is 1. The van der Waals surface area contributed by atoms with Crippen LogP contribution in [0.5, 0.6) is 0 Å². The molecule has 0 spiro atoms. The summed E-state index contributed by atoms with van der Waals surface area (Å²) in [4.78, 5) is 0. The molecule has 0 aliphatic rings. The molecule has 0 N–H and O–H groups in total. The molecule has 0 unspecified atom stereocenters. The fourth-order valence-electron chi connectivity index (χ4n) is 0.819. The zero-order valence-corrected chi connectivity index (χ0v) is 10.7. The van der Waals surface area contributed by atoms with Crippen molar-refractivity contribution in [2.75, 3.05) is 0 Å². The van der Waals surface area contributed by atoms with Gasteiger partial charge in [0.05, 0.1) is 0 Å². The summed E-state index contributed by atoms with van der Waals surface area (Å²) in [5, 5.41) is 2.96. The molecule has 0 amide bonds. The summed E-state index contributed by atoms with van der Waals surface area (Å²) in [5.41, 5.74) is -1.13. The van der Waals surface area contributed by atoms with Gasteiger partial charge in [-0.05, 0) is 6.20 Å². The molecular formula is C5H4BF6KN2. The normalized spacial score (nSPS) is 12.4. The van der Waals surface area contributed by atoms with E-state index in [1.54, 1.807) is 0 Å². The maximum atomic E-state index is 12.0. The molecule has 1 aromatic rings. The Morgan fingerprint density at radius 3 is 2.13 bits per heavy atom. The molecule has 0 aliphatic heterocycles. The Morgan fingerprint density at radius 1 is 1.27 bits per heavy atom. The van der Waals surface area contributed by atoms with Gasteiger partial charge in [0.25, 0.3) is 0 Å². The minimum atomic E-state index is -5.28. The van der Waals surface area contributed by atoms with E-state index in [4.69, 9.17) is 0 Å². The van der Waals surface area contributed by atoms with Crippen molar-refractivity contribution < 1.29 is 77.5 Å². The van der Waals surface area contributed by atoms with Crippen LogP contribution in [0.2, 0.25) is 0 Å². The van der Waals surface area contributed by atoms with E-state index in [1.165, 1.54) is 0 Å². The van der Waals surface area contributed by atoms with Gasteiger partial charge in [-0.15, -0.1) is 0 Å². The first kappa shape index (κ1) is 15.5. The van der Waals surface area contributed by atoms with Gasteiger partial charge in [0.1, 0.15) is 6.54 Å². The monoisotopic (exact) mass is 256 g/mol. The molecule has 15 heavy (non-hydrogen) atoms. The zero-order chi connectivity index (χ0) is 11.0. The molecule has 0 radical (unpaired) electrons. The minimum absolute atomic E-state index is 0. The smallest absolute Gasteiger partial charge is 0.445 e. The molecular weight excluding hydrogens is 252 g/mol. The van der Waals surface area contributed by atoms with Gasteiger partial charge in [0, 0.05) is 6.20 Å². The van der Waals surface area contributed by atoms with Crippen LogP contribution in [-0.4, -0.2) is 22.9 Å². The van der Waals surface area contributed by atoms with E-state index in [0.717, 1.165) is 0 Å². The molecule has 1 aromatic heterocycles. The van der Waals surface area contributed by atoms with Gasteiger partial charge in [-0.1, -0.05) is 5.46 Å². The molecule has 0 saturated heterocycles. The largest absolute Gasteiger partial charge is 1.00 e. The Hall–Kier alpha value is 0.491. The zero-order valence-electron chi connectivity index (χ0n) is 7.60. The van der Waals surface area contributed by atoms with Crippen molar-refractivity contribution in [1.29, 1.82) is 0 Å². The van der Waals surface area contributed by atoms with E-state index >= 15 is 0 Å². The average Bonchev–Trinajstić information content (AvgIpc) is 2.29. The number of hydrogen-bond donors (Lipinski definition) is 0. The number of halogens is 6. The first-order valence-electron chi connectivity index (χ1n) is 3.47. The molecule has 0 aliphatic carbocycles. The topological polar surface area (TPSA) is 17.8 Å². The van der Waals surface area contributed by atoms with Crippen molar-refractivity contribution in [3.05, 3.63) is 12.4 Å². The van der Waals surface area contributed by atoms with Crippen molar-refractivity contribution in [3.8, 4) is 0 Å². The van der Waals surface area contributed by atoms with Crippen LogP contribution in [0.4, 0.5) is 26.1 Å². The second-order valence-corrected chi connectivity index (χ2v) is 2.66. The maximum absolute atomic E-state index is 12.0. The number of aromatic nitrogens is 2. The van der Waals surface area contributed by atoms with Crippen LogP contribution >= 0.6 is 0 Å². The van der Waals surface area contributed by atoms with E-state index < -0.39 is 25.2 Å². The third-order valence-electron chi connectivity index (χ3n) is 1.37. The fraction of sp³-hybridized carbons (Fsp3) is 0.400. The third-order valence-corrected chi connectivity index (χ3v) is 1.37. The Kier molecular flexibility index (Phi) is 5.38. The van der Waals surface area contributed by atoms with Crippen LogP contribution in [0.1, 0.15) is 0 Å². The van der Waals surface area contributed by atoms with E-state index in [9.17, 15) is 26.1 Å². The van der Waals surface area contributed by atoms with Gasteiger partial charge in [-0.2, -0.15) is 18.3 Å². The van der Waals surface area contributed by atoms with Crippen LogP contribution in [0.25, 0.3) is 0 Å². The summed E-state index contributed by atoms with van der Waals surface area (Å²) in [6.07, 6.45) is -3.85. The quantitative estimate of drug-likeness (QED) is 0.465. The Balaban J connectivity index is 0.00000196. The molecule has 0 atom stereocenters. The van der Waals surface area contributed by atoms with E-state index in [2.05, 4.69) is 5.10 Å². The first-order chi connectivity index (χ1) is 6.18. The summed E-state index contributed by atoms with van der Waals surface area (Å²) in [7, 11) is 0. The predicted molar refractivity (Wildman–Crippen MR) is 37.0 cm³/mol. The molecule has 0 fully saturated rings. The molecule has 1 rings (SSSR count). The molecule has 10 heteroatoms. The Labute approximate surface area is 123 Å². The van der Waals surface area contributed by atoms with Crippen molar-refractivity contribution in [2.45, 2.75) is 12.7 Å². The molecule has 1 heterocycles. The predicted octanol–water partition coefficient (Wildman–Crippen LogP) is -1.50. The SMILES string of the molecule is F[B-](F)(F)c1cnn(CC(F)(F)F)c1.[K+]. The van der Waals surface area contributed by atoms with Gasteiger partial charge in [0.15, 0.2) is 0 Å². The number of rotatable bonds is 2. The van der Waals surface area contributed by atoms with E-state index in [1.807, 2.05) is 0 Å². The van der Waals surface area contributed by atoms with Gasteiger partial charge in [-0.3, -0.25) is 4.68 Å². The average molecular weight is 256 g/mol. The third kappa shape index (κ3) is 5.38. The molecule has 80 valence electrons. The van der Waals surface area contributed by atoms with Gasteiger partial charge >= 0.3 is 64.5 Å². The van der Waals surface area contributed by atoms with Crippen LogP contribution in [-0.2, 0) is 6.54 Å². The van der Waals surface area contributed by atoms with Crippen LogP contribution in [0, 0.1) is 0 Å². The minimum Gasteiger partial charge on any atom is -0.445 e. The second kappa shape index (κ2) is 5.21.